The number of aromatic nitrogens is 2. The number of anilines is 3. The molecule has 3 rings (SSSR count). The molecule has 1 atom stereocenters. The topological polar surface area (TPSA) is 59.1 Å². The van der Waals surface area contributed by atoms with Crippen molar-refractivity contribution < 1.29 is 17.9 Å². The minimum Gasteiger partial charge on any atom is -0.406 e. The summed E-state index contributed by atoms with van der Waals surface area (Å²) in [6.07, 6.45) is -3.93. The average Bonchev–Trinajstić information content (AvgIpc) is 2.69. The summed E-state index contributed by atoms with van der Waals surface area (Å²) in [6.45, 7) is 4.00. The third-order valence-electron chi connectivity index (χ3n) is 4.27. The quantitative estimate of drug-likeness (QED) is 0.297. The highest BCUT2D eigenvalue weighted by Crippen LogP contribution is 2.31. The standard InChI is InChI=1S/C21H19ClF3IN4O/c1-3-12(2)27-20-29-18(13-5-4-6-15(9-13)31-21(23,24)25)11-19(30-20)28-17-8-7-14(26)10-16(17)22/h4-12H,3H2,1-2H3,(H2,27,28,29,30)/t12-/m1/s1. The minimum absolute atomic E-state index is 0.102. The van der Waals surface area contributed by atoms with Crippen molar-refractivity contribution in [1.29, 1.82) is 0 Å². The number of halogens is 5. The Balaban J connectivity index is 2.00. The Morgan fingerprint density at radius 2 is 1.90 bits per heavy atom. The number of benzene rings is 2. The molecule has 10 heteroatoms. The zero-order chi connectivity index (χ0) is 22.6. The number of ether oxygens (including phenoxy) is 1. The van der Waals surface area contributed by atoms with Gasteiger partial charge in [0.15, 0.2) is 0 Å². The first-order chi connectivity index (χ1) is 14.6. The van der Waals surface area contributed by atoms with Crippen LogP contribution >= 0.6 is 34.2 Å². The van der Waals surface area contributed by atoms with Gasteiger partial charge in [-0.2, -0.15) is 4.98 Å². The van der Waals surface area contributed by atoms with Crippen molar-refractivity contribution in [2.45, 2.75) is 32.7 Å². The van der Waals surface area contributed by atoms with E-state index in [1.807, 2.05) is 32.0 Å². The predicted molar refractivity (Wildman–Crippen MR) is 125 cm³/mol. The third kappa shape index (κ3) is 6.86. The molecule has 0 bridgehead atoms. The lowest BCUT2D eigenvalue weighted by atomic mass is 10.1. The molecule has 3 aromatic rings. The summed E-state index contributed by atoms with van der Waals surface area (Å²) in [5.41, 5.74) is 1.53. The fourth-order valence-electron chi connectivity index (χ4n) is 2.63. The van der Waals surface area contributed by atoms with Crippen molar-refractivity contribution in [3.05, 3.63) is 57.1 Å². The van der Waals surface area contributed by atoms with Gasteiger partial charge in [-0.25, -0.2) is 4.98 Å². The van der Waals surface area contributed by atoms with Crippen LogP contribution in [0.1, 0.15) is 20.3 Å². The number of nitrogens with one attached hydrogen (secondary N) is 2. The number of rotatable bonds is 7. The summed E-state index contributed by atoms with van der Waals surface area (Å²) in [5.74, 6) is 0.467. The molecule has 0 fully saturated rings. The maximum atomic E-state index is 12.6. The molecular weight excluding hydrogens is 544 g/mol. The van der Waals surface area contributed by atoms with Crippen molar-refractivity contribution in [1.82, 2.24) is 9.97 Å². The molecule has 0 aliphatic rings. The van der Waals surface area contributed by atoms with Crippen LogP contribution in [0.5, 0.6) is 5.75 Å². The van der Waals surface area contributed by atoms with Crippen LogP contribution in [0.15, 0.2) is 48.5 Å². The maximum absolute atomic E-state index is 12.6. The molecule has 5 nitrogen and oxygen atoms in total. The zero-order valence-electron chi connectivity index (χ0n) is 16.6. The van der Waals surface area contributed by atoms with E-state index in [9.17, 15) is 13.2 Å². The second kappa shape index (κ2) is 9.90. The number of nitrogens with zero attached hydrogens (tertiary/aromatic N) is 2. The molecule has 2 aromatic carbocycles. The van der Waals surface area contributed by atoms with Gasteiger partial charge in [-0.15, -0.1) is 13.2 Å². The van der Waals surface area contributed by atoms with Crippen molar-refractivity contribution in [2.24, 2.45) is 0 Å². The number of alkyl halides is 3. The van der Waals surface area contributed by atoms with E-state index in [2.05, 4.69) is 47.9 Å². The summed E-state index contributed by atoms with van der Waals surface area (Å²) in [5, 5.41) is 6.87. The molecule has 0 aliphatic heterocycles. The van der Waals surface area contributed by atoms with Crippen LogP contribution in [-0.2, 0) is 0 Å². The molecule has 164 valence electrons. The van der Waals surface area contributed by atoms with Gasteiger partial charge in [0.05, 0.1) is 16.4 Å². The summed E-state index contributed by atoms with van der Waals surface area (Å²) >= 11 is 8.48. The predicted octanol–water partition coefficient (Wildman–Crippen LogP) is 7.25. The number of hydrogen-bond acceptors (Lipinski definition) is 5. The number of hydrogen-bond donors (Lipinski definition) is 2. The fourth-order valence-corrected chi connectivity index (χ4v) is 3.53. The Hall–Kier alpha value is -2.27. The molecule has 0 saturated carbocycles. The van der Waals surface area contributed by atoms with Gasteiger partial charge in [0.25, 0.3) is 0 Å². The fraction of sp³-hybridized carbons (Fsp3) is 0.238. The molecule has 0 amide bonds. The Bertz CT molecular complexity index is 1070. The maximum Gasteiger partial charge on any atom is 0.573 e. The zero-order valence-corrected chi connectivity index (χ0v) is 19.5. The van der Waals surface area contributed by atoms with Crippen LogP contribution in [0.4, 0.5) is 30.6 Å². The van der Waals surface area contributed by atoms with Crippen molar-refractivity contribution in [3.63, 3.8) is 0 Å². The minimum atomic E-state index is -4.78. The second-order valence-electron chi connectivity index (χ2n) is 6.74. The normalized spacial score (nSPS) is 12.4. The van der Waals surface area contributed by atoms with E-state index in [1.54, 1.807) is 12.1 Å². The summed E-state index contributed by atoms with van der Waals surface area (Å²) in [6, 6.07) is 12.9. The van der Waals surface area contributed by atoms with E-state index < -0.39 is 6.36 Å². The molecule has 0 unspecified atom stereocenters. The van der Waals surface area contributed by atoms with Gasteiger partial charge in [-0.05, 0) is 66.3 Å². The van der Waals surface area contributed by atoms with Crippen molar-refractivity contribution >= 4 is 51.6 Å². The highest BCUT2D eigenvalue weighted by Gasteiger charge is 2.31. The Morgan fingerprint density at radius 3 is 2.58 bits per heavy atom. The molecule has 1 aromatic heterocycles. The lowest BCUT2D eigenvalue weighted by Crippen LogP contribution is -2.17. The van der Waals surface area contributed by atoms with Crippen molar-refractivity contribution in [2.75, 3.05) is 10.6 Å². The van der Waals surface area contributed by atoms with Gasteiger partial charge in [0.2, 0.25) is 5.95 Å². The molecule has 0 radical (unpaired) electrons. The van der Waals surface area contributed by atoms with Crippen LogP contribution in [0.3, 0.4) is 0 Å². The smallest absolute Gasteiger partial charge is 0.406 e. The molecule has 2 N–H and O–H groups in total. The third-order valence-corrected chi connectivity index (χ3v) is 5.25. The Labute approximate surface area is 196 Å². The molecule has 0 saturated heterocycles. The molecule has 0 spiro atoms. The first kappa shape index (κ1) is 23.4. The molecule has 31 heavy (non-hydrogen) atoms. The van der Waals surface area contributed by atoms with Crippen molar-refractivity contribution in [3.8, 4) is 17.0 Å². The van der Waals surface area contributed by atoms with E-state index in [4.69, 9.17) is 11.6 Å². The Morgan fingerprint density at radius 1 is 1.13 bits per heavy atom. The van der Waals surface area contributed by atoms with E-state index in [1.165, 1.54) is 18.2 Å². The lowest BCUT2D eigenvalue weighted by Gasteiger charge is -2.15. The molecule has 0 aliphatic carbocycles. The van der Waals surface area contributed by atoms with Gasteiger partial charge >= 0.3 is 6.36 Å². The second-order valence-corrected chi connectivity index (χ2v) is 8.39. The largest absolute Gasteiger partial charge is 0.573 e. The molecule has 1 heterocycles. The molecular formula is C21H19ClF3IN4O. The van der Waals surface area contributed by atoms with Gasteiger partial charge in [0.1, 0.15) is 11.6 Å². The van der Waals surface area contributed by atoms with E-state index in [-0.39, 0.29) is 11.8 Å². The highest BCUT2D eigenvalue weighted by atomic mass is 127. The first-order valence-corrected chi connectivity index (χ1v) is 10.8. The summed E-state index contributed by atoms with van der Waals surface area (Å²) in [4.78, 5) is 8.96. The first-order valence-electron chi connectivity index (χ1n) is 9.37. The van der Waals surface area contributed by atoms with Crippen LogP contribution in [-0.4, -0.2) is 22.4 Å². The van der Waals surface area contributed by atoms with Crippen LogP contribution in [0, 0.1) is 3.57 Å². The lowest BCUT2D eigenvalue weighted by molar-refractivity contribution is -0.274. The Kier molecular flexibility index (Phi) is 7.47. The van der Waals surface area contributed by atoms with Gasteiger partial charge in [-0.3, -0.25) is 0 Å². The van der Waals surface area contributed by atoms with Crippen LogP contribution < -0.4 is 15.4 Å². The monoisotopic (exact) mass is 562 g/mol. The summed E-state index contributed by atoms with van der Waals surface area (Å²) in [7, 11) is 0. The van der Waals surface area contributed by atoms with E-state index in [0.29, 0.717) is 33.7 Å². The SMILES string of the molecule is CC[C@@H](C)Nc1nc(Nc2ccc(I)cc2Cl)cc(-c2cccc(OC(F)(F)F)c2)n1. The van der Waals surface area contributed by atoms with Crippen LogP contribution in [0.25, 0.3) is 11.3 Å². The van der Waals surface area contributed by atoms with Crippen LogP contribution in [0.2, 0.25) is 5.02 Å². The van der Waals surface area contributed by atoms with E-state index >= 15 is 0 Å². The summed E-state index contributed by atoms with van der Waals surface area (Å²) < 4.78 is 42.9. The van der Waals surface area contributed by atoms with Gasteiger partial charge in [0, 0.05) is 21.2 Å². The van der Waals surface area contributed by atoms with Gasteiger partial charge < -0.3 is 15.4 Å². The van der Waals surface area contributed by atoms with Gasteiger partial charge in [-0.1, -0.05) is 30.7 Å². The average molecular weight is 563 g/mol. The van der Waals surface area contributed by atoms with E-state index in [0.717, 1.165) is 9.99 Å². The highest BCUT2D eigenvalue weighted by molar-refractivity contribution is 14.1.